The van der Waals surface area contributed by atoms with E-state index in [9.17, 15) is 9.18 Å². The molecule has 0 bridgehead atoms. The zero-order valence-electron chi connectivity index (χ0n) is 17.3. The number of morpholine rings is 1. The summed E-state index contributed by atoms with van der Waals surface area (Å²) in [6.45, 7) is 4.11. The molecule has 2 aromatic carbocycles. The van der Waals surface area contributed by atoms with Gasteiger partial charge in [-0.2, -0.15) is 0 Å². The second kappa shape index (κ2) is 10.0. The lowest BCUT2D eigenvalue weighted by atomic mass is 10.3. The van der Waals surface area contributed by atoms with E-state index < -0.39 is 0 Å². The Bertz CT molecular complexity index is 1020. The third kappa shape index (κ3) is 5.49. The minimum absolute atomic E-state index is 0.159. The number of methoxy groups -OCH3 is 1. The van der Waals surface area contributed by atoms with Crippen LogP contribution in [0.5, 0.6) is 11.5 Å². The van der Waals surface area contributed by atoms with Crippen molar-refractivity contribution >= 4 is 32.6 Å². The second-order valence-electron chi connectivity index (χ2n) is 7.07. The van der Waals surface area contributed by atoms with Gasteiger partial charge in [-0.15, -0.1) is 0 Å². The van der Waals surface area contributed by atoms with Crippen LogP contribution in [0.2, 0.25) is 0 Å². The maximum atomic E-state index is 13.1. The average Bonchev–Trinajstić information content (AvgIpc) is 3.22. The van der Waals surface area contributed by atoms with E-state index in [-0.39, 0.29) is 18.3 Å². The Hall–Kier alpha value is -2.75. The van der Waals surface area contributed by atoms with E-state index in [2.05, 4.69) is 9.88 Å². The van der Waals surface area contributed by atoms with Gasteiger partial charge < -0.3 is 14.2 Å². The Balaban J connectivity index is 1.51. The van der Waals surface area contributed by atoms with Crippen LogP contribution in [0.15, 0.2) is 42.5 Å². The number of fused-ring (bicyclic) bond motifs is 1. The van der Waals surface area contributed by atoms with Gasteiger partial charge in [0.1, 0.15) is 17.3 Å². The number of carbonyl (C=O) groups excluding carboxylic acids is 1. The molecule has 31 heavy (non-hydrogen) atoms. The molecule has 1 aliphatic rings. The van der Waals surface area contributed by atoms with E-state index in [1.165, 1.54) is 35.6 Å². The highest BCUT2D eigenvalue weighted by molar-refractivity contribution is 7.22. The zero-order valence-corrected chi connectivity index (χ0v) is 18.1. The van der Waals surface area contributed by atoms with Crippen molar-refractivity contribution in [3.63, 3.8) is 0 Å². The third-order valence-corrected chi connectivity index (χ3v) is 6.09. The van der Waals surface area contributed by atoms with Gasteiger partial charge in [0.2, 0.25) is 0 Å². The van der Waals surface area contributed by atoms with Crippen LogP contribution in [0.3, 0.4) is 0 Å². The summed E-state index contributed by atoms with van der Waals surface area (Å²) in [5.74, 6) is 0.603. The minimum atomic E-state index is -0.351. The van der Waals surface area contributed by atoms with Gasteiger partial charge in [0, 0.05) is 32.2 Å². The fourth-order valence-corrected chi connectivity index (χ4v) is 4.27. The van der Waals surface area contributed by atoms with Crippen molar-refractivity contribution in [2.24, 2.45) is 0 Å². The number of amides is 1. The van der Waals surface area contributed by atoms with Crippen LogP contribution in [0.1, 0.15) is 0 Å². The molecule has 1 saturated heterocycles. The van der Waals surface area contributed by atoms with Crippen LogP contribution < -0.4 is 14.4 Å². The first-order chi connectivity index (χ1) is 15.1. The van der Waals surface area contributed by atoms with Crippen molar-refractivity contribution in [2.75, 3.05) is 58.0 Å². The van der Waals surface area contributed by atoms with Gasteiger partial charge in [-0.25, -0.2) is 9.37 Å². The van der Waals surface area contributed by atoms with E-state index in [0.29, 0.717) is 37.2 Å². The predicted molar refractivity (Wildman–Crippen MR) is 118 cm³/mol. The molecule has 0 N–H and O–H groups in total. The summed E-state index contributed by atoms with van der Waals surface area (Å²) in [5.41, 5.74) is 0.781. The lowest BCUT2D eigenvalue weighted by molar-refractivity contribution is -0.120. The standard InChI is InChI=1S/C22H24FN3O4S/c1-28-18-6-7-20-19(14-18)24-22(31-20)26(9-8-25-10-12-29-13-11-25)21(27)15-30-17-4-2-16(23)3-5-17/h2-7,14H,8-13,15H2,1H3. The van der Waals surface area contributed by atoms with Gasteiger partial charge in [-0.05, 0) is 36.4 Å². The summed E-state index contributed by atoms with van der Waals surface area (Å²) < 4.78 is 30.4. The summed E-state index contributed by atoms with van der Waals surface area (Å²) in [4.78, 5) is 21.7. The molecule has 0 spiro atoms. The van der Waals surface area contributed by atoms with Crippen molar-refractivity contribution in [3.8, 4) is 11.5 Å². The number of anilines is 1. The molecule has 3 aromatic rings. The molecule has 1 fully saturated rings. The van der Waals surface area contributed by atoms with Crippen molar-refractivity contribution in [2.45, 2.75) is 0 Å². The summed E-state index contributed by atoms with van der Waals surface area (Å²) in [5, 5.41) is 0.615. The smallest absolute Gasteiger partial charge is 0.266 e. The van der Waals surface area contributed by atoms with E-state index >= 15 is 0 Å². The topological polar surface area (TPSA) is 64.1 Å². The van der Waals surface area contributed by atoms with Crippen molar-refractivity contribution < 1.29 is 23.4 Å². The first-order valence-electron chi connectivity index (χ1n) is 10.1. The summed E-state index contributed by atoms with van der Waals surface area (Å²) in [7, 11) is 1.61. The molecule has 1 amide bonds. The lowest BCUT2D eigenvalue weighted by Crippen LogP contribution is -2.44. The largest absolute Gasteiger partial charge is 0.497 e. The zero-order chi connectivity index (χ0) is 21.6. The molecule has 7 nitrogen and oxygen atoms in total. The Kier molecular flexibility index (Phi) is 6.96. The van der Waals surface area contributed by atoms with Gasteiger partial charge in [0.25, 0.3) is 5.91 Å². The SMILES string of the molecule is COc1ccc2sc(N(CCN3CCOCC3)C(=O)COc3ccc(F)cc3)nc2c1. The molecule has 164 valence electrons. The number of ether oxygens (including phenoxy) is 3. The number of benzene rings is 2. The monoisotopic (exact) mass is 445 g/mol. The molecule has 0 atom stereocenters. The minimum Gasteiger partial charge on any atom is -0.497 e. The van der Waals surface area contributed by atoms with E-state index in [0.717, 1.165) is 29.1 Å². The van der Waals surface area contributed by atoms with Crippen molar-refractivity contribution in [3.05, 3.63) is 48.3 Å². The van der Waals surface area contributed by atoms with Crippen LogP contribution in [0, 0.1) is 5.82 Å². The number of halogens is 1. The van der Waals surface area contributed by atoms with Gasteiger partial charge in [0.15, 0.2) is 11.7 Å². The molecule has 0 radical (unpaired) electrons. The highest BCUT2D eigenvalue weighted by atomic mass is 32.1. The Morgan fingerprint density at radius 1 is 1.19 bits per heavy atom. The number of carbonyl (C=O) groups is 1. The van der Waals surface area contributed by atoms with E-state index in [1.54, 1.807) is 12.0 Å². The third-order valence-electron chi connectivity index (χ3n) is 5.03. The molecule has 1 aliphatic heterocycles. The van der Waals surface area contributed by atoms with Crippen LogP contribution in [-0.4, -0.2) is 68.9 Å². The normalized spacial score (nSPS) is 14.5. The molecular formula is C22H24FN3O4S. The van der Waals surface area contributed by atoms with Gasteiger partial charge >= 0.3 is 0 Å². The van der Waals surface area contributed by atoms with Crippen molar-refractivity contribution in [1.82, 2.24) is 9.88 Å². The van der Waals surface area contributed by atoms with Gasteiger partial charge in [0.05, 0.1) is 30.5 Å². The molecule has 9 heteroatoms. The molecule has 0 aliphatic carbocycles. The highest BCUT2D eigenvalue weighted by Crippen LogP contribution is 2.31. The summed E-state index contributed by atoms with van der Waals surface area (Å²) in [6, 6.07) is 11.3. The number of rotatable bonds is 8. The highest BCUT2D eigenvalue weighted by Gasteiger charge is 2.22. The van der Waals surface area contributed by atoms with Crippen LogP contribution in [0.25, 0.3) is 10.2 Å². The van der Waals surface area contributed by atoms with Gasteiger partial charge in [-0.1, -0.05) is 11.3 Å². The first kappa shape index (κ1) is 21.5. The van der Waals surface area contributed by atoms with Crippen molar-refractivity contribution in [1.29, 1.82) is 0 Å². The maximum absolute atomic E-state index is 13.1. The number of hydrogen-bond donors (Lipinski definition) is 0. The molecule has 2 heterocycles. The number of thiazole rings is 1. The Labute approximate surface area is 183 Å². The van der Waals surface area contributed by atoms with Crippen LogP contribution in [-0.2, 0) is 9.53 Å². The number of aromatic nitrogens is 1. The summed E-state index contributed by atoms with van der Waals surface area (Å²) in [6.07, 6.45) is 0. The molecule has 4 rings (SSSR count). The molecule has 1 aromatic heterocycles. The fraction of sp³-hybridized carbons (Fsp3) is 0.364. The number of nitrogens with zero attached hydrogens (tertiary/aromatic N) is 3. The van der Waals surface area contributed by atoms with Gasteiger partial charge in [-0.3, -0.25) is 14.6 Å². The van der Waals surface area contributed by atoms with E-state index in [1.807, 2.05) is 18.2 Å². The Morgan fingerprint density at radius 2 is 1.94 bits per heavy atom. The predicted octanol–water partition coefficient (Wildman–Crippen LogP) is 3.19. The number of hydrogen-bond acceptors (Lipinski definition) is 7. The van der Waals surface area contributed by atoms with E-state index in [4.69, 9.17) is 14.2 Å². The lowest BCUT2D eigenvalue weighted by Gasteiger charge is -2.29. The molecule has 0 unspecified atom stereocenters. The average molecular weight is 446 g/mol. The van der Waals surface area contributed by atoms with Crippen LogP contribution >= 0.6 is 11.3 Å². The first-order valence-corrected chi connectivity index (χ1v) is 10.9. The molecule has 0 saturated carbocycles. The van der Waals surface area contributed by atoms with Crippen LogP contribution in [0.4, 0.5) is 9.52 Å². The summed E-state index contributed by atoms with van der Waals surface area (Å²) >= 11 is 1.45. The maximum Gasteiger partial charge on any atom is 0.266 e. The molecular weight excluding hydrogens is 421 g/mol. The fourth-order valence-electron chi connectivity index (χ4n) is 3.28. The Morgan fingerprint density at radius 3 is 2.68 bits per heavy atom. The quantitative estimate of drug-likeness (QED) is 0.531. The second-order valence-corrected chi connectivity index (χ2v) is 8.08.